The molecule has 0 amide bonds. The summed E-state index contributed by atoms with van der Waals surface area (Å²) in [5.41, 5.74) is 1.86. The van der Waals surface area contributed by atoms with Gasteiger partial charge in [0.15, 0.2) is 6.54 Å². The number of nitrogens with zero attached hydrogens (tertiary/aromatic N) is 2. The van der Waals surface area contributed by atoms with Gasteiger partial charge in [0.1, 0.15) is 24.6 Å². The maximum absolute atomic E-state index is 11.7. The largest absolute Gasteiger partial charge is 0.497 e. The highest BCUT2D eigenvalue weighted by Gasteiger charge is 2.54. The summed E-state index contributed by atoms with van der Waals surface area (Å²) in [5.74, 6) is 1.79. The fourth-order valence-electron chi connectivity index (χ4n) is 3.62. The highest BCUT2D eigenvalue weighted by atomic mass is 16.5. The van der Waals surface area contributed by atoms with Crippen molar-refractivity contribution in [3.8, 4) is 5.75 Å². The van der Waals surface area contributed by atoms with Gasteiger partial charge in [0.2, 0.25) is 0 Å². The molecule has 0 aromatic heterocycles. The van der Waals surface area contributed by atoms with E-state index in [2.05, 4.69) is 11.5 Å². The van der Waals surface area contributed by atoms with Gasteiger partial charge < -0.3 is 14.6 Å². The van der Waals surface area contributed by atoms with E-state index in [1.54, 1.807) is 7.11 Å². The van der Waals surface area contributed by atoms with E-state index in [1.165, 1.54) is 5.56 Å². The van der Waals surface area contributed by atoms with Crippen LogP contribution in [0.3, 0.4) is 0 Å². The monoisotopic (exact) mass is 339 g/mol. The molecule has 2 heterocycles. The molecule has 0 radical (unpaired) electrons. The SMILES string of the molecule is COc1ccc(N2C3=[N+](CCOC3)CC2(O)c2ccc(C)cc2)cc1. The molecule has 130 valence electrons. The Hall–Kier alpha value is -2.37. The Morgan fingerprint density at radius 1 is 1.12 bits per heavy atom. The predicted molar refractivity (Wildman–Crippen MR) is 96.4 cm³/mol. The van der Waals surface area contributed by atoms with Gasteiger partial charge in [0, 0.05) is 5.56 Å². The van der Waals surface area contributed by atoms with E-state index >= 15 is 0 Å². The zero-order valence-electron chi connectivity index (χ0n) is 14.6. The Morgan fingerprint density at radius 3 is 2.52 bits per heavy atom. The molecule has 2 aliphatic heterocycles. The summed E-state index contributed by atoms with van der Waals surface area (Å²) in [6, 6.07) is 15.9. The molecule has 0 fully saturated rings. The van der Waals surface area contributed by atoms with Crippen molar-refractivity contribution in [3.05, 3.63) is 59.7 Å². The smallest absolute Gasteiger partial charge is 0.281 e. The Kier molecular flexibility index (Phi) is 3.98. The molecule has 0 spiro atoms. The van der Waals surface area contributed by atoms with Crippen molar-refractivity contribution in [2.45, 2.75) is 12.6 Å². The zero-order chi connectivity index (χ0) is 17.4. The van der Waals surface area contributed by atoms with Gasteiger partial charge >= 0.3 is 0 Å². The molecule has 0 bridgehead atoms. The van der Waals surface area contributed by atoms with Crippen LogP contribution in [0.25, 0.3) is 0 Å². The van der Waals surface area contributed by atoms with Crippen LogP contribution in [-0.4, -0.2) is 48.9 Å². The van der Waals surface area contributed by atoms with Gasteiger partial charge in [-0.05, 0) is 31.2 Å². The fraction of sp³-hybridized carbons (Fsp3) is 0.350. The number of rotatable bonds is 3. The molecule has 1 N–H and O–H groups in total. The van der Waals surface area contributed by atoms with E-state index in [4.69, 9.17) is 9.47 Å². The maximum Gasteiger partial charge on any atom is 0.281 e. The summed E-state index contributed by atoms with van der Waals surface area (Å²) < 4.78 is 13.2. The van der Waals surface area contributed by atoms with Gasteiger partial charge in [-0.25, -0.2) is 0 Å². The van der Waals surface area contributed by atoms with Crippen molar-refractivity contribution < 1.29 is 19.2 Å². The number of methoxy groups -OCH3 is 1. The van der Waals surface area contributed by atoms with Crippen molar-refractivity contribution in [1.82, 2.24) is 0 Å². The van der Waals surface area contributed by atoms with Crippen LogP contribution in [0.1, 0.15) is 11.1 Å². The number of benzene rings is 2. The highest BCUT2D eigenvalue weighted by molar-refractivity contribution is 5.98. The average molecular weight is 339 g/mol. The summed E-state index contributed by atoms with van der Waals surface area (Å²) in [4.78, 5) is 2.00. The highest BCUT2D eigenvalue weighted by Crippen LogP contribution is 2.37. The van der Waals surface area contributed by atoms with Crippen LogP contribution in [0.4, 0.5) is 5.69 Å². The third-order valence-corrected chi connectivity index (χ3v) is 4.99. The standard InChI is InChI=1S/C20H23N2O3/c1-15-3-5-16(6-4-15)20(23)14-21-11-12-25-13-19(21)22(20)17-7-9-18(24-2)10-8-17/h3-10,23H,11-14H2,1-2H3/q+1. The van der Waals surface area contributed by atoms with Gasteiger partial charge in [0.05, 0.1) is 13.7 Å². The van der Waals surface area contributed by atoms with Gasteiger partial charge in [-0.1, -0.05) is 29.8 Å². The average Bonchev–Trinajstić information content (AvgIpc) is 2.95. The number of hydrogen-bond donors (Lipinski definition) is 1. The molecule has 2 aliphatic rings. The first-order valence-corrected chi connectivity index (χ1v) is 8.54. The summed E-state index contributed by atoms with van der Waals surface area (Å²) in [7, 11) is 1.65. The van der Waals surface area contributed by atoms with Crippen LogP contribution in [0.15, 0.2) is 48.5 Å². The number of ether oxygens (including phenoxy) is 2. The lowest BCUT2D eigenvalue weighted by atomic mass is 9.99. The molecule has 4 rings (SSSR count). The Labute approximate surface area is 147 Å². The topological polar surface area (TPSA) is 44.9 Å². The number of aryl methyl sites for hydroxylation is 1. The Morgan fingerprint density at radius 2 is 1.84 bits per heavy atom. The molecule has 25 heavy (non-hydrogen) atoms. The molecular formula is C20H23N2O3+. The first-order chi connectivity index (χ1) is 12.1. The van der Waals surface area contributed by atoms with Crippen LogP contribution in [0, 0.1) is 6.92 Å². The van der Waals surface area contributed by atoms with Crippen LogP contribution in [-0.2, 0) is 10.5 Å². The minimum absolute atomic E-state index is 0.500. The summed E-state index contributed by atoms with van der Waals surface area (Å²) in [5, 5.41) is 11.7. The van der Waals surface area contributed by atoms with Crippen LogP contribution in [0.2, 0.25) is 0 Å². The first-order valence-electron chi connectivity index (χ1n) is 8.54. The number of amidine groups is 1. The molecule has 1 atom stereocenters. The normalized spacial score (nSPS) is 22.9. The Bertz CT molecular complexity index is 799. The quantitative estimate of drug-likeness (QED) is 0.870. The second kappa shape index (κ2) is 6.17. The first kappa shape index (κ1) is 16.1. The second-order valence-electron chi connectivity index (χ2n) is 6.61. The van der Waals surface area contributed by atoms with E-state index in [9.17, 15) is 5.11 Å². The predicted octanol–water partition coefficient (Wildman–Crippen LogP) is 2.11. The number of aliphatic hydroxyl groups is 1. The number of anilines is 1. The molecule has 2 aromatic carbocycles. The second-order valence-corrected chi connectivity index (χ2v) is 6.61. The molecule has 2 aromatic rings. The third kappa shape index (κ3) is 2.69. The zero-order valence-corrected chi connectivity index (χ0v) is 14.6. The molecule has 0 saturated heterocycles. The number of hydrogen-bond acceptors (Lipinski definition) is 4. The van der Waals surface area contributed by atoms with Crippen LogP contribution < -0.4 is 9.64 Å². The van der Waals surface area contributed by atoms with E-state index in [-0.39, 0.29) is 0 Å². The van der Waals surface area contributed by atoms with Gasteiger partial charge in [-0.2, -0.15) is 4.90 Å². The molecule has 0 saturated carbocycles. The van der Waals surface area contributed by atoms with Gasteiger partial charge in [-0.3, -0.25) is 4.58 Å². The van der Waals surface area contributed by atoms with Crippen molar-refractivity contribution in [3.63, 3.8) is 0 Å². The lowest BCUT2D eigenvalue weighted by Crippen LogP contribution is -2.48. The molecule has 5 heteroatoms. The van der Waals surface area contributed by atoms with Crippen molar-refractivity contribution >= 4 is 11.5 Å². The lowest BCUT2D eigenvalue weighted by molar-refractivity contribution is -0.543. The molecular weight excluding hydrogens is 316 g/mol. The minimum Gasteiger partial charge on any atom is -0.497 e. The van der Waals surface area contributed by atoms with Gasteiger partial charge in [0.25, 0.3) is 11.6 Å². The summed E-state index contributed by atoms with van der Waals surface area (Å²) >= 11 is 0. The van der Waals surface area contributed by atoms with E-state index < -0.39 is 5.72 Å². The summed E-state index contributed by atoms with van der Waals surface area (Å²) in [6.45, 7) is 4.55. The Balaban J connectivity index is 1.81. The van der Waals surface area contributed by atoms with Gasteiger partial charge in [-0.15, -0.1) is 0 Å². The third-order valence-electron chi connectivity index (χ3n) is 4.99. The minimum atomic E-state index is -1.12. The molecule has 0 aliphatic carbocycles. The maximum atomic E-state index is 11.7. The molecule has 1 unspecified atom stereocenters. The summed E-state index contributed by atoms with van der Waals surface area (Å²) in [6.07, 6.45) is 0. The van der Waals surface area contributed by atoms with E-state index in [0.29, 0.717) is 19.8 Å². The van der Waals surface area contributed by atoms with Crippen molar-refractivity contribution in [2.24, 2.45) is 0 Å². The molecule has 5 nitrogen and oxygen atoms in total. The lowest BCUT2D eigenvalue weighted by Gasteiger charge is -2.29. The van der Waals surface area contributed by atoms with Crippen molar-refractivity contribution in [1.29, 1.82) is 0 Å². The van der Waals surface area contributed by atoms with Crippen LogP contribution >= 0.6 is 0 Å². The van der Waals surface area contributed by atoms with Crippen LogP contribution in [0.5, 0.6) is 5.75 Å². The van der Waals surface area contributed by atoms with E-state index in [1.807, 2.05) is 53.4 Å². The fourth-order valence-corrected chi connectivity index (χ4v) is 3.62. The van der Waals surface area contributed by atoms with Crippen molar-refractivity contribution in [2.75, 3.05) is 38.3 Å². The van der Waals surface area contributed by atoms with E-state index in [0.717, 1.165) is 29.4 Å².